The first-order chi connectivity index (χ1) is 13.9. The normalized spacial score (nSPS) is 21.7. The van der Waals surface area contributed by atoms with Gasteiger partial charge in [-0.3, -0.25) is 14.2 Å². The number of nitrogens with one attached hydrogen (secondary N) is 1. The number of carbonyl (C=O) groups is 1. The highest BCUT2D eigenvalue weighted by Crippen LogP contribution is 2.36. The number of ether oxygens (including phenoxy) is 1. The summed E-state index contributed by atoms with van der Waals surface area (Å²) in [6.07, 6.45) is 5.14. The Morgan fingerprint density at radius 2 is 2.24 bits per heavy atom. The summed E-state index contributed by atoms with van der Waals surface area (Å²) < 4.78 is 7.55. The maximum absolute atomic E-state index is 13.5. The summed E-state index contributed by atoms with van der Waals surface area (Å²) in [5.41, 5.74) is 1.24. The zero-order valence-corrected chi connectivity index (χ0v) is 19.0. The minimum atomic E-state index is -0.0395. The first-order valence-electron chi connectivity index (χ1n) is 10.5. The van der Waals surface area contributed by atoms with Crippen molar-refractivity contribution in [3.05, 3.63) is 20.8 Å². The first-order valence-corrected chi connectivity index (χ1v) is 12.3. The van der Waals surface area contributed by atoms with E-state index in [0.717, 1.165) is 48.9 Å². The van der Waals surface area contributed by atoms with Gasteiger partial charge in [-0.2, -0.15) is 0 Å². The van der Waals surface area contributed by atoms with E-state index in [-0.39, 0.29) is 29.4 Å². The van der Waals surface area contributed by atoms with Crippen molar-refractivity contribution in [1.29, 1.82) is 0 Å². The average Bonchev–Trinajstić information content (AvgIpc) is 3.28. The standard InChI is InChI=1S/C21H29N3O3S2/c1-12(2)22-17(25)11-28-21-23-19-18(15-7-6-13(3)9-16(15)29-19)20(26)24(21)10-14-5-4-8-27-14/h12-14H,4-11H2,1-3H3,(H,22,25). The number of hydrogen-bond acceptors (Lipinski definition) is 6. The van der Waals surface area contributed by atoms with E-state index in [1.165, 1.54) is 22.2 Å². The maximum Gasteiger partial charge on any atom is 0.263 e. The van der Waals surface area contributed by atoms with Crippen LogP contribution in [0.5, 0.6) is 0 Å². The molecule has 1 aliphatic heterocycles. The predicted octanol–water partition coefficient (Wildman–Crippen LogP) is 3.38. The maximum atomic E-state index is 13.5. The lowest BCUT2D eigenvalue weighted by Gasteiger charge is -2.18. The van der Waals surface area contributed by atoms with Crippen LogP contribution in [0.2, 0.25) is 0 Å². The van der Waals surface area contributed by atoms with Gasteiger partial charge >= 0.3 is 0 Å². The molecule has 4 rings (SSSR count). The number of fused-ring (bicyclic) bond motifs is 3. The van der Waals surface area contributed by atoms with Gasteiger partial charge in [-0.05, 0) is 57.4 Å². The van der Waals surface area contributed by atoms with Crippen LogP contribution < -0.4 is 10.9 Å². The lowest BCUT2D eigenvalue weighted by atomic mass is 9.89. The van der Waals surface area contributed by atoms with Gasteiger partial charge in [0.1, 0.15) is 4.83 Å². The Bertz CT molecular complexity index is 960. The summed E-state index contributed by atoms with van der Waals surface area (Å²) in [5, 5.41) is 4.33. The van der Waals surface area contributed by atoms with Crippen LogP contribution in [0.3, 0.4) is 0 Å². The summed E-state index contributed by atoms with van der Waals surface area (Å²) in [7, 11) is 0. The summed E-state index contributed by atoms with van der Waals surface area (Å²) in [4.78, 5) is 32.7. The summed E-state index contributed by atoms with van der Waals surface area (Å²) >= 11 is 3.01. The minimum Gasteiger partial charge on any atom is -0.376 e. The Morgan fingerprint density at radius 1 is 1.41 bits per heavy atom. The van der Waals surface area contributed by atoms with Crippen LogP contribution in [0.15, 0.2) is 9.95 Å². The molecule has 6 nitrogen and oxygen atoms in total. The van der Waals surface area contributed by atoms with Crippen LogP contribution in [0.4, 0.5) is 0 Å². The van der Waals surface area contributed by atoms with Crippen LogP contribution in [-0.4, -0.2) is 40.0 Å². The van der Waals surface area contributed by atoms with E-state index in [1.54, 1.807) is 15.9 Å². The number of carbonyl (C=O) groups excluding carboxylic acids is 1. The van der Waals surface area contributed by atoms with Gasteiger partial charge in [-0.1, -0.05) is 18.7 Å². The third-order valence-corrected chi connectivity index (χ3v) is 7.70. The first kappa shape index (κ1) is 20.9. The predicted molar refractivity (Wildman–Crippen MR) is 118 cm³/mol. The van der Waals surface area contributed by atoms with Gasteiger partial charge in [0.2, 0.25) is 5.91 Å². The number of amides is 1. The number of aryl methyl sites for hydroxylation is 1. The van der Waals surface area contributed by atoms with Gasteiger partial charge in [0, 0.05) is 17.5 Å². The van der Waals surface area contributed by atoms with Crippen molar-refractivity contribution in [3.63, 3.8) is 0 Å². The van der Waals surface area contributed by atoms with Crippen molar-refractivity contribution in [1.82, 2.24) is 14.9 Å². The fourth-order valence-corrected chi connectivity index (χ4v) is 6.41. The fraction of sp³-hybridized carbons (Fsp3) is 0.667. The summed E-state index contributed by atoms with van der Waals surface area (Å²) in [5.74, 6) is 0.865. The largest absolute Gasteiger partial charge is 0.376 e. The van der Waals surface area contributed by atoms with Crippen molar-refractivity contribution < 1.29 is 9.53 Å². The van der Waals surface area contributed by atoms with Crippen LogP contribution in [-0.2, 0) is 28.9 Å². The minimum absolute atomic E-state index is 0.0318. The fourth-order valence-electron chi connectivity index (χ4n) is 4.16. The molecule has 0 saturated carbocycles. The van der Waals surface area contributed by atoms with Crippen LogP contribution in [0.25, 0.3) is 10.2 Å². The zero-order chi connectivity index (χ0) is 20.5. The molecule has 1 N–H and O–H groups in total. The number of nitrogens with zero attached hydrogens (tertiary/aromatic N) is 2. The molecule has 2 aromatic rings. The van der Waals surface area contributed by atoms with E-state index in [2.05, 4.69) is 12.2 Å². The van der Waals surface area contributed by atoms with E-state index < -0.39 is 0 Å². The molecule has 2 aliphatic rings. The Kier molecular flexibility index (Phi) is 6.32. The van der Waals surface area contributed by atoms with E-state index >= 15 is 0 Å². The lowest BCUT2D eigenvalue weighted by molar-refractivity contribution is -0.119. The van der Waals surface area contributed by atoms with Gasteiger partial charge in [0.25, 0.3) is 5.56 Å². The van der Waals surface area contributed by atoms with Crippen molar-refractivity contribution in [3.8, 4) is 0 Å². The Hall–Kier alpha value is -1.38. The van der Waals surface area contributed by atoms with E-state index in [1.807, 2.05) is 13.8 Å². The molecular weight excluding hydrogens is 406 g/mol. The summed E-state index contributed by atoms with van der Waals surface area (Å²) in [6, 6.07) is 0.0960. The lowest BCUT2D eigenvalue weighted by Crippen LogP contribution is -2.32. The number of thioether (sulfide) groups is 1. The average molecular weight is 436 g/mol. The number of aromatic nitrogens is 2. The molecule has 1 aliphatic carbocycles. The molecule has 1 fully saturated rings. The van der Waals surface area contributed by atoms with Gasteiger partial charge < -0.3 is 10.1 Å². The molecule has 2 unspecified atom stereocenters. The molecule has 3 heterocycles. The molecule has 2 atom stereocenters. The molecule has 0 aromatic carbocycles. The number of thiophene rings is 1. The van der Waals surface area contributed by atoms with E-state index in [4.69, 9.17) is 9.72 Å². The number of rotatable bonds is 6. The Balaban J connectivity index is 1.71. The zero-order valence-electron chi connectivity index (χ0n) is 17.3. The van der Waals surface area contributed by atoms with E-state index in [0.29, 0.717) is 17.6 Å². The van der Waals surface area contributed by atoms with Crippen molar-refractivity contribution in [2.45, 2.75) is 76.7 Å². The second kappa shape index (κ2) is 8.78. The van der Waals surface area contributed by atoms with Crippen molar-refractivity contribution in [2.75, 3.05) is 12.4 Å². The molecule has 1 amide bonds. The summed E-state index contributed by atoms with van der Waals surface area (Å²) in [6.45, 7) is 7.41. The molecule has 8 heteroatoms. The van der Waals surface area contributed by atoms with Gasteiger partial charge in [0.05, 0.1) is 23.8 Å². The second-order valence-corrected chi connectivity index (χ2v) is 10.5. The van der Waals surface area contributed by atoms with Crippen LogP contribution >= 0.6 is 23.1 Å². The van der Waals surface area contributed by atoms with Crippen molar-refractivity contribution in [2.24, 2.45) is 5.92 Å². The molecule has 2 aromatic heterocycles. The molecule has 29 heavy (non-hydrogen) atoms. The highest BCUT2D eigenvalue weighted by molar-refractivity contribution is 7.99. The molecule has 0 bridgehead atoms. The topological polar surface area (TPSA) is 73.2 Å². The molecular formula is C21H29N3O3S2. The highest BCUT2D eigenvalue weighted by Gasteiger charge is 2.26. The highest BCUT2D eigenvalue weighted by atomic mass is 32.2. The monoisotopic (exact) mass is 435 g/mol. The molecule has 1 saturated heterocycles. The van der Waals surface area contributed by atoms with Crippen LogP contribution in [0, 0.1) is 5.92 Å². The Labute approximate surface area is 179 Å². The van der Waals surface area contributed by atoms with Crippen LogP contribution in [0.1, 0.15) is 50.5 Å². The SMILES string of the molecule is CC1CCc2c(sc3nc(SCC(=O)NC(C)C)n(CC4CCCO4)c(=O)c23)C1. The van der Waals surface area contributed by atoms with Gasteiger partial charge in [-0.15, -0.1) is 11.3 Å². The second-order valence-electron chi connectivity index (χ2n) is 8.49. The number of hydrogen-bond donors (Lipinski definition) is 1. The smallest absolute Gasteiger partial charge is 0.263 e. The Morgan fingerprint density at radius 3 is 2.97 bits per heavy atom. The third kappa shape index (κ3) is 4.54. The molecule has 0 radical (unpaired) electrons. The van der Waals surface area contributed by atoms with Crippen molar-refractivity contribution >= 4 is 39.2 Å². The third-order valence-electron chi connectivity index (χ3n) is 5.57. The molecule has 0 spiro atoms. The quantitative estimate of drug-likeness (QED) is 0.556. The van der Waals surface area contributed by atoms with E-state index in [9.17, 15) is 9.59 Å². The van der Waals surface area contributed by atoms with Gasteiger partial charge in [-0.25, -0.2) is 4.98 Å². The molecule has 158 valence electrons. The van der Waals surface area contributed by atoms with Gasteiger partial charge in [0.15, 0.2) is 5.16 Å².